The zero-order valence-corrected chi connectivity index (χ0v) is 14.0. The minimum absolute atomic E-state index is 0.262. The van der Waals surface area contributed by atoms with E-state index in [1.54, 1.807) is 0 Å². The van der Waals surface area contributed by atoms with Crippen molar-refractivity contribution >= 4 is 11.6 Å². The average Bonchev–Trinajstić information content (AvgIpc) is 2.48. The largest absolute Gasteiger partial charge is 0.385 e. The third-order valence-corrected chi connectivity index (χ3v) is 5.91. The molecule has 2 rings (SSSR count). The summed E-state index contributed by atoms with van der Waals surface area (Å²) < 4.78 is 0. The van der Waals surface area contributed by atoms with Gasteiger partial charge in [-0.05, 0) is 44.6 Å². The second-order valence-electron chi connectivity index (χ2n) is 6.77. The highest BCUT2D eigenvalue weighted by atomic mass is 35.5. The molecule has 0 radical (unpaired) electrons. The number of nitrogens with two attached hydrogens (primary N) is 1. The molecule has 3 heteroatoms. The summed E-state index contributed by atoms with van der Waals surface area (Å²) >= 11 is 6.32. The lowest BCUT2D eigenvalue weighted by Crippen LogP contribution is -2.50. The fourth-order valence-corrected chi connectivity index (χ4v) is 4.28. The van der Waals surface area contributed by atoms with E-state index in [2.05, 4.69) is 6.92 Å². The van der Waals surface area contributed by atoms with E-state index in [1.807, 2.05) is 31.2 Å². The van der Waals surface area contributed by atoms with Gasteiger partial charge in [0.05, 0.1) is 5.60 Å². The van der Waals surface area contributed by atoms with Crippen molar-refractivity contribution in [2.75, 3.05) is 6.54 Å². The quantitative estimate of drug-likeness (QED) is 0.842. The molecular weight excluding hydrogens is 282 g/mol. The number of benzene rings is 1. The lowest BCUT2D eigenvalue weighted by Gasteiger charge is -2.49. The summed E-state index contributed by atoms with van der Waals surface area (Å²) in [6.07, 6.45) is 6.80. The van der Waals surface area contributed by atoms with E-state index in [0.29, 0.717) is 11.6 Å². The fourth-order valence-electron chi connectivity index (χ4n) is 3.96. The first kappa shape index (κ1) is 16.8. The third-order valence-electron chi connectivity index (χ3n) is 5.58. The van der Waals surface area contributed by atoms with Crippen molar-refractivity contribution in [1.29, 1.82) is 0 Å². The zero-order valence-electron chi connectivity index (χ0n) is 13.2. The highest BCUT2D eigenvalue weighted by Gasteiger charge is 2.49. The molecule has 0 amide bonds. The lowest BCUT2D eigenvalue weighted by molar-refractivity contribution is -0.0982. The van der Waals surface area contributed by atoms with Crippen molar-refractivity contribution < 1.29 is 5.11 Å². The van der Waals surface area contributed by atoms with Crippen LogP contribution in [0, 0.1) is 11.3 Å². The Hall–Kier alpha value is -0.570. The van der Waals surface area contributed by atoms with Crippen molar-refractivity contribution in [2.45, 2.75) is 58.0 Å². The van der Waals surface area contributed by atoms with Gasteiger partial charge < -0.3 is 10.8 Å². The molecule has 1 aromatic carbocycles. The second-order valence-corrected chi connectivity index (χ2v) is 7.18. The van der Waals surface area contributed by atoms with Gasteiger partial charge in [0.15, 0.2) is 0 Å². The van der Waals surface area contributed by atoms with Crippen molar-refractivity contribution in [3.63, 3.8) is 0 Å². The lowest BCUT2D eigenvalue weighted by atomic mass is 9.59. The van der Waals surface area contributed by atoms with Crippen LogP contribution in [-0.4, -0.2) is 11.7 Å². The Labute approximate surface area is 133 Å². The first-order valence-electron chi connectivity index (χ1n) is 8.14. The van der Waals surface area contributed by atoms with Crippen molar-refractivity contribution in [2.24, 2.45) is 17.1 Å². The van der Waals surface area contributed by atoms with Gasteiger partial charge in [0.1, 0.15) is 0 Å². The van der Waals surface area contributed by atoms with Crippen molar-refractivity contribution in [3.8, 4) is 0 Å². The number of rotatable bonds is 5. The van der Waals surface area contributed by atoms with Gasteiger partial charge in [0.2, 0.25) is 0 Å². The molecule has 1 fully saturated rings. The molecule has 2 nitrogen and oxygen atoms in total. The van der Waals surface area contributed by atoms with E-state index in [4.69, 9.17) is 17.3 Å². The Morgan fingerprint density at radius 1 is 1.33 bits per heavy atom. The molecule has 0 heterocycles. The summed E-state index contributed by atoms with van der Waals surface area (Å²) in [4.78, 5) is 0. The molecule has 1 aliphatic carbocycles. The van der Waals surface area contributed by atoms with Gasteiger partial charge in [-0.15, -0.1) is 0 Å². The van der Waals surface area contributed by atoms with E-state index in [-0.39, 0.29) is 5.41 Å². The van der Waals surface area contributed by atoms with Crippen LogP contribution < -0.4 is 5.73 Å². The molecule has 0 saturated heterocycles. The van der Waals surface area contributed by atoms with Gasteiger partial charge in [-0.1, -0.05) is 49.6 Å². The van der Waals surface area contributed by atoms with Gasteiger partial charge in [0, 0.05) is 22.5 Å². The molecule has 0 aliphatic heterocycles. The van der Waals surface area contributed by atoms with Gasteiger partial charge in [-0.2, -0.15) is 0 Å². The molecule has 1 saturated carbocycles. The summed E-state index contributed by atoms with van der Waals surface area (Å²) in [7, 11) is 0. The second kappa shape index (κ2) is 6.68. The molecule has 0 bridgehead atoms. The Balaban J connectivity index is 2.26. The van der Waals surface area contributed by atoms with Crippen LogP contribution in [0.3, 0.4) is 0 Å². The minimum atomic E-state index is -0.975. The van der Waals surface area contributed by atoms with Crippen LogP contribution in [0.2, 0.25) is 5.02 Å². The van der Waals surface area contributed by atoms with Crippen LogP contribution in [0.4, 0.5) is 0 Å². The predicted molar refractivity (Wildman–Crippen MR) is 89.4 cm³/mol. The van der Waals surface area contributed by atoms with Crippen LogP contribution in [0.25, 0.3) is 0 Å². The topological polar surface area (TPSA) is 46.2 Å². The number of halogens is 1. The molecule has 0 spiro atoms. The maximum absolute atomic E-state index is 11.3. The predicted octanol–water partition coefficient (Wildman–Crippen LogP) is 4.48. The Kier molecular flexibility index (Phi) is 5.34. The third kappa shape index (κ3) is 3.13. The summed E-state index contributed by atoms with van der Waals surface area (Å²) in [6, 6.07) is 7.61. The molecular formula is C18H28ClNO. The van der Waals surface area contributed by atoms with E-state index in [0.717, 1.165) is 37.2 Å². The smallest absolute Gasteiger partial charge is 0.0950 e. The molecule has 3 N–H and O–H groups in total. The van der Waals surface area contributed by atoms with Gasteiger partial charge in [0.25, 0.3) is 0 Å². The summed E-state index contributed by atoms with van der Waals surface area (Å²) in [5.41, 5.74) is 5.70. The Bertz CT molecular complexity index is 464. The Morgan fingerprint density at radius 2 is 1.95 bits per heavy atom. The number of aliphatic hydroxyl groups is 1. The van der Waals surface area contributed by atoms with Crippen LogP contribution in [0.5, 0.6) is 0 Å². The maximum atomic E-state index is 11.3. The molecule has 0 aromatic heterocycles. The van der Waals surface area contributed by atoms with Crippen molar-refractivity contribution in [3.05, 3.63) is 34.9 Å². The summed E-state index contributed by atoms with van der Waals surface area (Å²) in [5.74, 6) is 0.789. The van der Waals surface area contributed by atoms with E-state index in [9.17, 15) is 5.11 Å². The van der Waals surface area contributed by atoms with Crippen LogP contribution in [0.1, 0.15) is 57.9 Å². The van der Waals surface area contributed by atoms with Gasteiger partial charge >= 0.3 is 0 Å². The molecule has 1 aliphatic rings. The zero-order chi connectivity index (χ0) is 15.5. The van der Waals surface area contributed by atoms with Crippen molar-refractivity contribution in [1.82, 2.24) is 0 Å². The van der Waals surface area contributed by atoms with E-state index >= 15 is 0 Å². The van der Waals surface area contributed by atoms with Crippen LogP contribution in [0.15, 0.2) is 24.3 Å². The van der Waals surface area contributed by atoms with E-state index in [1.165, 1.54) is 12.8 Å². The maximum Gasteiger partial charge on any atom is 0.0950 e. The summed E-state index contributed by atoms with van der Waals surface area (Å²) in [5, 5.41) is 11.9. The average molecular weight is 310 g/mol. The molecule has 21 heavy (non-hydrogen) atoms. The highest BCUT2D eigenvalue weighted by Crippen LogP contribution is 2.52. The SMILES string of the molecule is CCCC1CCC(CN)(C(C)(O)c2ccccc2Cl)CC1. The first-order chi connectivity index (χ1) is 9.97. The summed E-state index contributed by atoms with van der Waals surface area (Å²) in [6.45, 7) is 4.63. The minimum Gasteiger partial charge on any atom is -0.385 e. The molecule has 1 unspecified atom stereocenters. The molecule has 1 atom stereocenters. The molecule has 118 valence electrons. The highest BCUT2D eigenvalue weighted by molar-refractivity contribution is 6.31. The van der Waals surface area contributed by atoms with E-state index < -0.39 is 5.60 Å². The molecule has 1 aromatic rings. The number of hydrogen-bond acceptors (Lipinski definition) is 2. The first-order valence-corrected chi connectivity index (χ1v) is 8.52. The fraction of sp³-hybridized carbons (Fsp3) is 0.667. The standard InChI is InChI=1S/C18H28ClNO/c1-3-6-14-9-11-18(13-20,12-10-14)17(2,21)15-7-4-5-8-16(15)19/h4-5,7-8,14,21H,3,6,9-13,20H2,1-2H3. The van der Waals surface area contributed by atoms with Crippen LogP contribution in [-0.2, 0) is 5.60 Å². The van der Waals surface area contributed by atoms with Crippen LogP contribution >= 0.6 is 11.6 Å². The number of hydrogen-bond donors (Lipinski definition) is 2. The normalized spacial score (nSPS) is 29.1. The van der Waals surface area contributed by atoms with Gasteiger partial charge in [-0.3, -0.25) is 0 Å². The Morgan fingerprint density at radius 3 is 2.48 bits per heavy atom. The van der Waals surface area contributed by atoms with Gasteiger partial charge in [-0.25, -0.2) is 0 Å². The monoisotopic (exact) mass is 309 g/mol.